The number of H-pyrrole nitrogens is 1. The number of carbonyl (C=O) groups is 4. The molecule has 1 saturated carbocycles. The first-order chi connectivity index (χ1) is 29.6. The van der Waals surface area contributed by atoms with Crippen LogP contribution in [0.1, 0.15) is 84.9 Å². The Labute approximate surface area is 349 Å². The van der Waals surface area contributed by atoms with Gasteiger partial charge in [-0.1, -0.05) is 12.1 Å². The lowest BCUT2D eigenvalue weighted by atomic mass is 9.85. The summed E-state index contributed by atoms with van der Waals surface area (Å²) in [6.45, 7) is 5.76. The highest BCUT2D eigenvalue weighted by molar-refractivity contribution is 6.08. The molecule has 5 aliphatic rings. The summed E-state index contributed by atoms with van der Waals surface area (Å²) in [5.74, 6) is -0.492. The number of anilines is 3. The smallest absolute Gasteiger partial charge is 0.284 e. The van der Waals surface area contributed by atoms with Crippen LogP contribution in [0, 0.1) is 5.92 Å². The summed E-state index contributed by atoms with van der Waals surface area (Å²) < 4.78 is 37.4. The van der Waals surface area contributed by atoms with Gasteiger partial charge in [-0.2, -0.15) is 10.2 Å². The Morgan fingerprint density at radius 3 is 2.54 bits per heavy atom. The number of rotatable bonds is 11. The first-order valence-electron chi connectivity index (χ1n) is 21.2. The van der Waals surface area contributed by atoms with E-state index in [4.69, 9.17) is 9.72 Å². The molecule has 10 rings (SSSR count). The molecule has 0 spiro atoms. The molecular weight excluding hydrogens is 791 g/mol. The molecule has 5 aromatic rings. The average Bonchev–Trinajstić information content (AvgIpc) is 4.11. The highest BCUT2D eigenvalue weighted by Gasteiger charge is 2.40. The van der Waals surface area contributed by atoms with Gasteiger partial charge >= 0.3 is 0 Å². The van der Waals surface area contributed by atoms with Crippen LogP contribution in [0.4, 0.5) is 26.0 Å². The number of hydrogen-bond donors (Lipinski definition) is 4. The van der Waals surface area contributed by atoms with Crippen LogP contribution in [-0.2, 0) is 19.1 Å². The number of piperidine rings is 1. The maximum Gasteiger partial charge on any atom is 0.284 e. The van der Waals surface area contributed by atoms with Crippen LogP contribution in [0.2, 0.25) is 0 Å². The van der Waals surface area contributed by atoms with Crippen molar-refractivity contribution in [1.82, 2.24) is 44.5 Å². The molecule has 8 heterocycles. The summed E-state index contributed by atoms with van der Waals surface area (Å²) in [5, 5.41) is 17.6. The van der Waals surface area contributed by atoms with Gasteiger partial charge in [-0.05, 0) is 62.1 Å². The van der Waals surface area contributed by atoms with E-state index in [9.17, 15) is 28.0 Å². The van der Waals surface area contributed by atoms with Crippen LogP contribution in [0.25, 0.3) is 16.6 Å². The second-order valence-corrected chi connectivity index (χ2v) is 17.0. The zero-order valence-electron chi connectivity index (χ0n) is 33.6. The van der Waals surface area contributed by atoms with Gasteiger partial charge in [-0.3, -0.25) is 34.1 Å². The van der Waals surface area contributed by atoms with Crippen LogP contribution in [0.5, 0.6) is 0 Å². The largest absolute Gasteiger partial charge is 0.374 e. The molecule has 61 heavy (non-hydrogen) atoms. The number of aromatic amines is 1. The van der Waals surface area contributed by atoms with E-state index in [0.717, 1.165) is 93.7 Å². The number of halogens is 2. The summed E-state index contributed by atoms with van der Waals surface area (Å²) in [6, 6.07) is 7.65. The molecule has 5 fully saturated rings. The highest BCUT2D eigenvalue weighted by Crippen LogP contribution is 2.37. The number of hydrogen-bond acceptors (Lipinski definition) is 11. The van der Waals surface area contributed by atoms with E-state index in [0.29, 0.717) is 36.7 Å². The number of nitrogens with one attached hydrogen (secondary N) is 4. The standard InChI is InChI=1S/C42H48F2N12O5/c43-39(44)38-33(48-42(60)31-18-46-55-11-10-34(49-40(31)55)54-20-27-16-26(54)23-61-27)21-56(51-38)25-6-4-24(5-7-25)19-52-12-14-53(15-13-52)22-36(58)47-32-3-1-2-28-30(17-45-37(28)32)29-8-9-35(57)50-41(29)59/h1-3,10-11,17-18,21,24-27,29,39,45H,4-9,12-16,19-20,22-23H2,(H,47,58)(H,48,60)(H,50,57,59). The van der Waals surface area contributed by atoms with Crippen LogP contribution < -0.4 is 20.9 Å². The Bertz CT molecular complexity index is 2490. The molecule has 2 bridgehead atoms. The molecule has 0 radical (unpaired) electrons. The zero-order chi connectivity index (χ0) is 41.8. The van der Waals surface area contributed by atoms with Gasteiger partial charge in [0.05, 0.1) is 60.3 Å². The second-order valence-electron chi connectivity index (χ2n) is 17.0. The van der Waals surface area contributed by atoms with E-state index < -0.39 is 23.9 Å². The van der Waals surface area contributed by atoms with Crippen molar-refractivity contribution in [2.45, 2.75) is 75.5 Å². The van der Waals surface area contributed by atoms with E-state index in [1.165, 1.54) is 16.9 Å². The van der Waals surface area contributed by atoms with Crippen molar-refractivity contribution in [3.8, 4) is 0 Å². The quantitative estimate of drug-likeness (QED) is 0.141. The van der Waals surface area contributed by atoms with Gasteiger partial charge in [0.15, 0.2) is 11.3 Å². The molecule has 4 aliphatic heterocycles. The molecular formula is C42H48F2N12O5. The summed E-state index contributed by atoms with van der Waals surface area (Å²) >= 11 is 0. The molecule has 4 amide bonds. The molecule has 320 valence electrons. The van der Waals surface area contributed by atoms with Gasteiger partial charge in [0.2, 0.25) is 17.7 Å². The molecule has 4 aromatic heterocycles. The molecule has 19 heteroatoms. The molecule has 17 nitrogen and oxygen atoms in total. The number of carbonyl (C=O) groups excluding carboxylic acids is 4. The normalized spacial score (nSPS) is 24.9. The number of ether oxygens (including phenoxy) is 1. The fourth-order valence-electron chi connectivity index (χ4n) is 9.94. The van der Waals surface area contributed by atoms with Gasteiger partial charge in [-0.15, -0.1) is 0 Å². The first-order valence-corrected chi connectivity index (χ1v) is 21.2. The maximum atomic E-state index is 14.3. The SMILES string of the molecule is O=C1CCC(c2c[nH]c3c(NC(=O)CN4CCN(CC5CCC(n6cc(NC(=O)c7cnn8ccc(N9CC%10CC9CO%10)nc78)c(C(F)F)n6)CC5)CC4)cccc23)C(=O)N1. The van der Waals surface area contributed by atoms with Gasteiger partial charge < -0.3 is 30.2 Å². The maximum absolute atomic E-state index is 14.3. The fourth-order valence-corrected chi connectivity index (χ4v) is 9.94. The third-order valence-corrected chi connectivity index (χ3v) is 13.2. The molecule has 1 aliphatic carbocycles. The number of para-hydroxylation sites is 1. The predicted molar refractivity (Wildman–Crippen MR) is 220 cm³/mol. The third-order valence-electron chi connectivity index (χ3n) is 13.2. The Morgan fingerprint density at radius 1 is 0.967 bits per heavy atom. The number of benzene rings is 1. The number of alkyl halides is 2. The highest BCUT2D eigenvalue weighted by atomic mass is 19.3. The van der Waals surface area contributed by atoms with Crippen LogP contribution in [-0.4, -0.2) is 127 Å². The molecule has 4 saturated heterocycles. The van der Waals surface area contributed by atoms with Crippen molar-refractivity contribution in [3.63, 3.8) is 0 Å². The summed E-state index contributed by atoms with van der Waals surface area (Å²) in [7, 11) is 0. The minimum atomic E-state index is -2.87. The number of imide groups is 1. The second kappa shape index (κ2) is 16.2. The molecule has 4 N–H and O–H groups in total. The molecule has 3 atom stereocenters. The lowest BCUT2D eigenvalue weighted by Crippen LogP contribution is -2.49. The summed E-state index contributed by atoms with van der Waals surface area (Å²) in [5.41, 5.74) is 2.27. The van der Waals surface area contributed by atoms with Crippen LogP contribution in [0.3, 0.4) is 0 Å². The van der Waals surface area contributed by atoms with Crippen molar-refractivity contribution in [2.24, 2.45) is 5.92 Å². The Kier molecular flexibility index (Phi) is 10.5. The fraction of sp³-hybridized carbons (Fsp3) is 0.500. The van der Waals surface area contributed by atoms with Crippen LogP contribution >= 0.6 is 0 Å². The number of fused-ring (bicyclic) bond motifs is 4. The number of amides is 4. The first kappa shape index (κ1) is 39.4. The number of morpholine rings is 1. The van der Waals surface area contributed by atoms with Crippen molar-refractivity contribution < 1.29 is 32.7 Å². The number of piperazine rings is 1. The van der Waals surface area contributed by atoms with Crippen molar-refractivity contribution >= 4 is 57.4 Å². The zero-order valence-corrected chi connectivity index (χ0v) is 33.6. The van der Waals surface area contributed by atoms with Gasteiger partial charge in [0, 0.05) is 69.7 Å². The van der Waals surface area contributed by atoms with Crippen LogP contribution in [0.15, 0.2) is 49.1 Å². The van der Waals surface area contributed by atoms with Crippen molar-refractivity contribution in [3.05, 3.63) is 65.9 Å². The Hall–Kier alpha value is -5.79. The van der Waals surface area contributed by atoms with E-state index in [2.05, 4.69) is 45.8 Å². The van der Waals surface area contributed by atoms with E-state index in [1.54, 1.807) is 17.1 Å². The van der Waals surface area contributed by atoms with Crippen molar-refractivity contribution in [2.75, 3.05) is 68.0 Å². The lowest BCUT2D eigenvalue weighted by Gasteiger charge is -2.38. The van der Waals surface area contributed by atoms with Gasteiger partial charge in [0.1, 0.15) is 11.4 Å². The van der Waals surface area contributed by atoms with Gasteiger partial charge in [-0.25, -0.2) is 18.3 Å². The summed E-state index contributed by atoms with van der Waals surface area (Å²) in [4.78, 5) is 65.6. The minimum absolute atomic E-state index is 0.0153. The van der Waals surface area contributed by atoms with E-state index in [-0.39, 0.29) is 53.7 Å². The topological polar surface area (TPSA) is 187 Å². The molecule has 3 unspecified atom stereocenters. The Balaban J connectivity index is 0.699. The third kappa shape index (κ3) is 7.85. The minimum Gasteiger partial charge on any atom is -0.374 e. The Morgan fingerprint density at radius 2 is 1.79 bits per heavy atom. The average molecular weight is 839 g/mol. The predicted octanol–water partition coefficient (Wildman–Crippen LogP) is 4.08. The van der Waals surface area contributed by atoms with E-state index >= 15 is 0 Å². The summed E-state index contributed by atoms with van der Waals surface area (Å²) in [6.07, 6.45) is 8.89. The number of nitrogens with zero attached hydrogens (tertiary/aromatic N) is 8. The molecule has 1 aromatic carbocycles. The monoisotopic (exact) mass is 838 g/mol. The van der Waals surface area contributed by atoms with Crippen molar-refractivity contribution in [1.29, 1.82) is 0 Å². The number of aromatic nitrogens is 6. The van der Waals surface area contributed by atoms with E-state index in [1.807, 2.05) is 24.3 Å². The lowest BCUT2D eigenvalue weighted by molar-refractivity contribution is -0.134. The van der Waals surface area contributed by atoms with Gasteiger partial charge in [0.25, 0.3) is 12.3 Å².